The molecule has 0 spiro atoms. The molecule has 2 rings (SSSR count). The normalized spacial score (nSPS) is 20.4. The van der Waals surface area contributed by atoms with Gasteiger partial charge in [-0.3, -0.25) is 4.79 Å². The summed E-state index contributed by atoms with van der Waals surface area (Å²) in [5, 5.41) is 3.26. The van der Waals surface area contributed by atoms with Crippen LogP contribution in [0.25, 0.3) is 0 Å². The van der Waals surface area contributed by atoms with E-state index in [1.807, 2.05) is 18.2 Å². The zero-order chi connectivity index (χ0) is 15.2. The Labute approximate surface area is 125 Å². The summed E-state index contributed by atoms with van der Waals surface area (Å²) < 4.78 is 0. The standard InChI is InChI=1S/C16H23N3O2/c17-7-3-6-13(14(18)10-20)16(21)15-8-11-4-1-2-5-12(11)9-19-15/h1-2,4-5,10,13-15,19H,3,6-9,17-18H2/t13?,14-,15?/m1/s1. The van der Waals surface area contributed by atoms with Crippen molar-refractivity contribution in [1.29, 1.82) is 0 Å². The van der Waals surface area contributed by atoms with Crippen LogP contribution in [0.4, 0.5) is 0 Å². The summed E-state index contributed by atoms with van der Waals surface area (Å²) in [6.45, 7) is 1.17. The van der Waals surface area contributed by atoms with Gasteiger partial charge in [0.1, 0.15) is 6.29 Å². The van der Waals surface area contributed by atoms with Crippen LogP contribution in [0.5, 0.6) is 0 Å². The van der Waals surface area contributed by atoms with Crippen LogP contribution in [0.2, 0.25) is 0 Å². The van der Waals surface area contributed by atoms with Gasteiger partial charge in [0.05, 0.1) is 12.1 Å². The number of hydrogen-bond acceptors (Lipinski definition) is 5. The molecule has 0 bridgehead atoms. The molecule has 114 valence electrons. The van der Waals surface area contributed by atoms with Gasteiger partial charge in [0, 0.05) is 12.5 Å². The van der Waals surface area contributed by atoms with Crippen molar-refractivity contribution in [3.8, 4) is 0 Å². The van der Waals surface area contributed by atoms with Crippen LogP contribution in [-0.4, -0.2) is 30.7 Å². The molecule has 5 heteroatoms. The van der Waals surface area contributed by atoms with Gasteiger partial charge >= 0.3 is 0 Å². The van der Waals surface area contributed by atoms with E-state index in [0.29, 0.717) is 38.6 Å². The first-order valence-corrected chi connectivity index (χ1v) is 7.42. The lowest BCUT2D eigenvalue weighted by Gasteiger charge is -2.29. The number of nitrogens with two attached hydrogens (primary N) is 2. The number of ketones is 1. The number of carbonyl (C=O) groups is 2. The second-order valence-electron chi connectivity index (χ2n) is 5.56. The van der Waals surface area contributed by atoms with E-state index in [-0.39, 0.29) is 11.8 Å². The van der Waals surface area contributed by atoms with Gasteiger partial charge in [-0.15, -0.1) is 0 Å². The molecule has 0 aliphatic carbocycles. The summed E-state index contributed by atoms with van der Waals surface area (Å²) in [6.07, 6.45) is 2.58. The summed E-state index contributed by atoms with van der Waals surface area (Å²) >= 11 is 0. The largest absolute Gasteiger partial charge is 0.330 e. The highest BCUT2D eigenvalue weighted by molar-refractivity contribution is 5.90. The first-order valence-electron chi connectivity index (χ1n) is 7.42. The van der Waals surface area contributed by atoms with Crippen molar-refractivity contribution in [2.24, 2.45) is 17.4 Å². The van der Waals surface area contributed by atoms with Crippen LogP contribution >= 0.6 is 0 Å². The van der Waals surface area contributed by atoms with E-state index < -0.39 is 12.0 Å². The molecule has 5 nitrogen and oxygen atoms in total. The molecule has 1 aromatic carbocycles. The summed E-state index contributed by atoms with van der Waals surface area (Å²) in [5.74, 6) is -0.425. The number of Topliss-reactive ketones (excluding diaryl/α,β-unsaturated/α-hetero) is 1. The maximum atomic E-state index is 12.7. The fourth-order valence-corrected chi connectivity index (χ4v) is 2.87. The minimum Gasteiger partial charge on any atom is -0.330 e. The van der Waals surface area contributed by atoms with Gasteiger partial charge in [0.2, 0.25) is 0 Å². The Morgan fingerprint density at radius 2 is 2.10 bits per heavy atom. The van der Waals surface area contributed by atoms with Gasteiger partial charge < -0.3 is 21.6 Å². The van der Waals surface area contributed by atoms with E-state index in [1.165, 1.54) is 11.1 Å². The van der Waals surface area contributed by atoms with Crippen molar-refractivity contribution in [2.45, 2.75) is 37.9 Å². The van der Waals surface area contributed by atoms with Crippen LogP contribution in [0, 0.1) is 5.92 Å². The monoisotopic (exact) mass is 289 g/mol. The Balaban J connectivity index is 2.09. The van der Waals surface area contributed by atoms with Crippen molar-refractivity contribution in [2.75, 3.05) is 6.54 Å². The molecule has 0 saturated carbocycles. The third kappa shape index (κ3) is 3.75. The molecule has 1 heterocycles. The van der Waals surface area contributed by atoms with E-state index in [9.17, 15) is 9.59 Å². The van der Waals surface area contributed by atoms with Gasteiger partial charge in [-0.05, 0) is 36.9 Å². The highest BCUT2D eigenvalue weighted by Gasteiger charge is 2.32. The Morgan fingerprint density at radius 1 is 1.38 bits per heavy atom. The SMILES string of the molecule is NCCCC(C(=O)C1Cc2ccccc2CN1)[C@H](N)C=O. The molecule has 5 N–H and O–H groups in total. The predicted molar refractivity (Wildman–Crippen MR) is 81.6 cm³/mol. The van der Waals surface area contributed by atoms with Gasteiger partial charge in [-0.25, -0.2) is 0 Å². The molecule has 3 atom stereocenters. The van der Waals surface area contributed by atoms with Crippen molar-refractivity contribution < 1.29 is 9.59 Å². The van der Waals surface area contributed by atoms with Gasteiger partial charge in [-0.2, -0.15) is 0 Å². The maximum Gasteiger partial charge on any atom is 0.155 e. The van der Waals surface area contributed by atoms with Crippen molar-refractivity contribution in [3.05, 3.63) is 35.4 Å². The van der Waals surface area contributed by atoms with Crippen LogP contribution < -0.4 is 16.8 Å². The molecule has 0 radical (unpaired) electrons. The summed E-state index contributed by atoms with van der Waals surface area (Å²) in [4.78, 5) is 23.6. The van der Waals surface area contributed by atoms with Crippen LogP contribution in [0.15, 0.2) is 24.3 Å². The summed E-state index contributed by atoms with van der Waals surface area (Å²) in [5.41, 5.74) is 13.7. The highest BCUT2D eigenvalue weighted by atomic mass is 16.1. The molecular formula is C16H23N3O2. The quantitative estimate of drug-likeness (QED) is 0.621. The summed E-state index contributed by atoms with van der Waals surface area (Å²) in [6, 6.07) is 7.07. The van der Waals surface area contributed by atoms with Crippen molar-refractivity contribution in [3.63, 3.8) is 0 Å². The molecule has 21 heavy (non-hydrogen) atoms. The fourth-order valence-electron chi connectivity index (χ4n) is 2.87. The van der Waals surface area contributed by atoms with E-state index in [0.717, 1.165) is 0 Å². The molecule has 0 amide bonds. The fraction of sp³-hybridized carbons (Fsp3) is 0.500. The van der Waals surface area contributed by atoms with E-state index in [1.54, 1.807) is 0 Å². The lowest BCUT2D eigenvalue weighted by molar-refractivity contribution is -0.128. The molecule has 2 unspecified atom stereocenters. The van der Waals surface area contributed by atoms with Crippen LogP contribution in [0.1, 0.15) is 24.0 Å². The van der Waals surface area contributed by atoms with E-state index in [4.69, 9.17) is 11.5 Å². The van der Waals surface area contributed by atoms with Gasteiger partial charge in [0.15, 0.2) is 5.78 Å². The number of carbonyl (C=O) groups excluding carboxylic acids is 2. The topological polar surface area (TPSA) is 98.2 Å². The highest BCUT2D eigenvalue weighted by Crippen LogP contribution is 2.21. The van der Waals surface area contributed by atoms with Gasteiger partial charge in [-0.1, -0.05) is 24.3 Å². The number of rotatable bonds is 7. The molecule has 1 aliphatic heterocycles. The Bertz CT molecular complexity index is 504. The zero-order valence-electron chi connectivity index (χ0n) is 12.1. The molecule has 1 aromatic rings. The minimum absolute atomic E-state index is 0.0255. The molecular weight excluding hydrogens is 266 g/mol. The van der Waals surface area contributed by atoms with Crippen LogP contribution in [-0.2, 0) is 22.6 Å². The average Bonchev–Trinajstić information content (AvgIpc) is 2.54. The van der Waals surface area contributed by atoms with E-state index in [2.05, 4.69) is 11.4 Å². The van der Waals surface area contributed by atoms with Crippen LogP contribution in [0.3, 0.4) is 0 Å². The molecule has 0 fully saturated rings. The maximum absolute atomic E-state index is 12.7. The molecule has 0 saturated heterocycles. The van der Waals surface area contributed by atoms with E-state index >= 15 is 0 Å². The second kappa shape index (κ2) is 7.45. The number of aldehydes is 1. The third-order valence-corrected chi connectivity index (χ3v) is 4.13. The Kier molecular flexibility index (Phi) is 5.61. The minimum atomic E-state index is -0.747. The first-order chi connectivity index (χ1) is 10.2. The Hall–Kier alpha value is -1.56. The first kappa shape index (κ1) is 15.8. The van der Waals surface area contributed by atoms with Crippen molar-refractivity contribution >= 4 is 12.1 Å². The zero-order valence-corrected chi connectivity index (χ0v) is 12.1. The number of hydrogen-bond donors (Lipinski definition) is 3. The number of fused-ring (bicyclic) bond motifs is 1. The smallest absolute Gasteiger partial charge is 0.155 e. The second-order valence-corrected chi connectivity index (χ2v) is 5.56. The lowest BCUT2D eigenvalue weighted by Crippen LogP contribution is -2.49. The molecule has 1 aliphatic rings. The van der Waals surface area contributed by atoms with Crippen molar-refractivity contribution in [1.82, 2.24) is 5.32 Å². The predicted octanol–water partition coefficient (Wildman–Crippen LogP) is 0.151. The Morgan fingerprint density at radius 3 is 2.76 bits per heavy atom. The van der Waals surface area contributed by atoms with Gasteiger partial charge in [0.25, 0.3) is 0 Å². The third-order valence-electron chi connectivity index (χ3n) is 4.13. The number of nitrogens with one attached hydrogen (secondary N) is 1. The average molecular weight is 289 g/mol. The summed E-state index contributed by atoms with van der Waals surface area (Å²) in [7, 11) is 0. The number of benzene rings is 1. The lowest BCUT2D eigenvalue weighted by atomic mass is 9.83. The molecule has 0 aromatic heterocycles.